The van der Waals surface area contributed by atoms with E-state index in [1.807, 2.05) is 0 Å². The van der Waals surface area contributed by atoms with Gasteiger partial charge >= 0.3 is 12.1 Å². The van der Waals surface area contributed by atoms with Gasteiger partial charge in [-0.3, -0.25) is 14.9 Å². The number of non-ortho nitro benzene ring substituents is 1. The number of nitrogens with zero attached hydrogens (tertiary/aromatic N) is 3. The van der Waals surface area contributed by atoms with Gasteiger partial charge in [0.15, 0.2) is 0 Å². The van der Waals surface area contributed by atoms with Crippen molar-refractivity contribution < 1.29 is 24.4 Å². The number of hydrogen-bond donors (Lipinski definition) is 1. The van der Waals surface area contributed by atoms with Crippen LogP contribution < -0.4 is 0 Å². The van der Waals surface area contributed by atoms with Gasteiger partial charge in [0.05, 0.1) is 10.8 Å². The minimum absolute atomic E-state index is 0.00297. The van der Waals surface area contributed by atoms with Crippen LogP contribution in [0.15, 0.2) is 36.9 Å². The van der Waals surface area contributed by atoms with Crippen LogP contribution in [0, 0.1) is 33.8 Å². The first-order chi connectivity index (χ1) is 17.8. The van der Waals surface area contributed by atoms with E-state index < -0.39 is 17.0 Å². The van der Waals surface area contributed by atoms with Gasteiger partial charge in [-0.15, -0.1) is 6.58 Å². The van der Waals surface area contributed by atoms with Gasteiger partial charge in [0.1, 0.15) is 6.61 Å². The molecule has 2 saturated carbocycles. The molecule has 1 aromatic rings. The van der Waals surface area contributed by atoms with Crippen LogP contribution in [0.5, 0.6) is 0 Å². The van der Waals surface area contributed by atoms with E-state index in [1.165, 1.54) is 25.0 Å². The number of nitro benzene ring substituents is 1. The molecule has 0 spiro atoms. The first-order valence-corrected chi connectivity index (χ1v) is 13.6. The predicted molar refractivity (Wildman–Crippen MR) is 139 cm³/mol. The topological polar surface area (TPSA) is 113 Å². The lowest BCUT2D eigenvalue weighted by Crippen LogP contribution is -2.48. The first-order valence-electron chi connectivity index (χ1n) is 13.6. The number of hydrogen-bond acceptors (Lipinski definition) is 6. The smallest absolute Gasteiger partial charge is 0.410 e. The Morgan fingerprint density at radius 2 is 1.81 bits per heavy atom. The average molecular weight is 514 g/mol. The molecule has 1 saturated heterocycles. The summed E-state index contributed by atoms with van der Waals surface area (Å²) in [6.45, 7) is 7.07. The molecule has 3 fully saturated rings. The number of carbonyl (C=O) groups excluding carboxylic acids is 1. The molecule has 1 N–H and O–H groups in total. The zero-order chi connectivity index (χ0) is 26.4. The van der Waals surface area contributed by atoms with Crippen LogP contribution in [0.3, 0.4) is 0 Å². The van der Waals surface area contributed by atoms with E-state index in [4.69, 9.17) is 4.74 Å². The molecule has 4 rings (SSSR count). The Balaban J connectivity index is 1.22. The molecule has 0 radical (unpaired) electrons. The van der Waals surface area contributed by atoms with Crippen molar-refractivity contribution in [3.05, 3.63) is 52.6 Å². The fourth-order valence-corrected chi connectivity index (χ4v) is 6.08. The molecular formula is C28H39N3O6. The Hall–Kier alpha value is -2.94. The molecule has 3 aliphatic rings. The summed E-state index contributed by atoms with van der Waals surface area (Å²) in [4.78, 5) is 39.3. The van der Waals surface area contributed by atoms with Gasteiger partial charge in [-0.2, -0.15) is 0 Å². The Kier molecular flexibility index (Phi) is 9.18. The Morgan fingerprint density at radius 1 is 1.14 bits per heavy atom. The number of aliphatic carboxylic acids is 1. The number of piperidine rings is 1. The zero-order valence-corrected chi connectivity index (χ0v) is 21.5. The summed E-state index contributed by atoms with van der Waals surface area (Å²) in [5.41, 5.74) is 0.702. The first kappa shape index (κ1) is 27.1. The number of likely N-dealkylation sites (tertiary alicyclic amines) is 1. The third-order valence-electron chi connectivity index (χ3n) is 8.34. The summed E-state index contributed by atoms with van der Waals surface area (Å²) in [6.07, 6.45) is 9.43. The van der Waals surface area contributed by atoms with Crippen molar-refractivity contribution in [3.63, 3.8) is 0 Å². The van der Waals surface area contributed by atoms with Gasteiger partial charge in [-0.25, -0.2) is 4.79 Å². The van der Waals surface area contributed by atoms with E-state index in [9.17, 15) is 24.8 Å². The van der Waals surface area contributed by atoms with Crippen molar-refractivity contribution in [1.82, 2.24) is 9.80 Å². The van der Waals surface area contributed by atoms with Crippen molar-refractivity contribution in [3.8, 4) is 0 Å². The van der Waals surface area contributed by atoms with Crippen LogP contribution in [0.1, 0.15) is 56.9 Å². The summed E-state index contributed by atoms with van der Waals surface area (Å²) in [6, 6.07) is 6.08. The molecule has 0 aromatic heterocycles. The number of carbonyl (C=O) groups is 2. The summed E-state index contributed by atoms with van der Waals surface area (Å²) >= 11 is 0. The molecule has 0 bridgehead atoms. The number of carboxylic acid groups (broad SMARTS) is 1. The van der Waals surface area contributed by atoms with Gasteiger partial charge in [0, 0.05) is 44.4 Å². The molecule has 1 aliphatic heterocycles. The van der Waals surface area contributed by atoms with Crippen molar-refractivity contribution in [2.75, 3.05) is 26.2 Å². The monoisotopic (exact) mass is 513 g/mol. The number of nitro groups is 1. The highest BCUT2D eigenvalue weighted by molar-refractivity contribution is 5.70. The second kappa shape index (κ2) is 12.5. The van der Waals surface area contributed by atoms with Gasteiger partial charge in [0.2, 0.25) is 0 Å². The van der Waals surface area contributed by atoms with Crippen LogP contribution in [0.2, 0.25) is 0 Å². The maximum atomic E-state index is 12.9. The fourth-order valence-electron chi connectivity index (χ4n) is 6.08. The summed E-state index contributed by atoms with van der Waals surface area (Å²) in [5, 5.41) is 20.6. The summed E-state index contributed by atoms with van der Waals surface area (Å²) in [7, 11) is 0. The van der Waals surface area contributed by atoms with Crippen molar-refractivity contribution >= 4 is 17.7 Å². The molecule has 1 heterocycles. The molecule has 3 atom stereocenters. The van der Waals surface area contributed by atoms with E-state index in [0.717, 1.165) is 58.2 Å². The van der Waals surface area contributed by atoms with Gasteiger partial charge in [0.25, 0.3) is 5.69 Å². The van der Waals surface area contributed by atoms with Crippen LogP contribution in [-0.2, 0) is 16.1 Å². The van der Waals surface area contributed by atoms with Gasteiger partial charge in [-0.05, 0) is 74.0 Å². The maximum Gasteiger partial charge on any atom is 0.410 e. The zero-order valence-electron chi connectivity index (χ0n) is 21.5. The number of rotatable bonds is 12. The molecule has 9 nitrogen and oxygen atoms in total. The molecule has 3 unspecified atom stereocenters. The maximum absolute atomic E-state index is 12.9. The molecular weight excluding hydrogens is 474 g/mol. The fraction of sp³-hybridized carbons (Fsp3) is 0.643. The van der Waals surface area contributed by atoms with Gasteiger partial charge in [-0.1, -0.05) is 18.9 Å². The largest absolute Gasteiger partial charge is 0.481 e. The third-order valence-corrected chi connectivity index (χ3v) is 8.34. The van der Waals surface area contributed by atoms with E-state index in [0.29, 0.717) is 29.9 Å². The number of amides is 1. The quantitative estimate of drug-likeness (QED) is 0.235. The van der Waals surface area contributed by atoms with Crippen LogP contribution in [0.4, 0.5) is 10.5 Å². The Bertz CT molecular complexity index is 955. The van der Waals surface area contributed by atoms with Crippen LogP contribution in [-0.4, -0.2) is 64.1 Å². The van der Waals surface area contributed by atoms with E-state index in [1.54, 1.807) is 23.1 Å². The third kappa shape index (κ3) is 7.53. The minimum atomic E-state index is -0.610. The lowest BCUT2D eigenvalue weighted by molar-refractivity contribution is -0.384. The molecule has 37 heavy (non-hydrogen) atoms. The van der Waals surface area contributed by atoms with Crippen LogP contribution in [0.25, 0.3) is 0 Å². The summed E-state index contributed by atoms with van der Waals surface area (Å²) < 4.78 is 5.52. The minimum Gasteiger partial charge on any atom is -0.481 e. The average Bonchev–Trinajstić information content (AvgIpc) is 3.61. The van der Waals surface area contributed by atoms with Gasteiger partial charge < -0.3 is 19.6 Å². The predicted octanol–water partition coefficient (Wildman–Crippen LogP) is 5.10. The van der Waals surface area contributed by atoms with Crippen molar-refractivity contribution in [1.29, 1.82) is 0 Å². The van der Waals surface area contributed by atoms with E-state index in [2.05, 4.69) is 11.5 Å². The molecule has 9 heteroatoms. The number of ether oxygens (including phenoxy) is 1. The number of benzene rings is 1. The lowest BCUT2D eigenvalue weighted by Gasteiger charge is -2.38. The van der Waals surface area contributed by atoms with Crippen LogP contribution >= 0.6 is 0 Å². The van der Waals surface area contributed by atoms with E-state index >= 15 is 0 Å². The second-order valence-electron chi connectivity index (χ2n) is 11.0. The second-order valence-corrected chi connectivity index (χ2v) is 11.0. The van der Waals surface area contributed by atoms with Crippen molar-refractivity contribution in [2.45, 2.75) is 64.0 Å². The highest BCUT2D eigenvalue weighted by Gasteiger charge is 2.39. The highest BCUT2D eigenvalue weighted by Crippen LogP contribution is 2.43. The lowest BCUT2D eigenvalue weighted by atomic mass is 9.86. The standard InChI is InChI=1S/C28H39N3O6/c1-2-13-30(28(34)37-19-21-6-9-25(10-7-21)31(35)36)24-11-14-29(15-12-24)18-22-5-8-23(16-22)26(27(32)33)17-20-3-4-20/h2,6-7,9-10,20,22-24,26H,1,3-5,8,11-19H2,(H,32,33). The number of carboxylic acids is 1. The highest BCUT2D eigenvalue weighted by atomic mass is 16.6. The van der Waals surface area contributed by atoms with Crippen molar-refractivity contribution in [2.24, 2.45) is 23.7 Å². The summed E-state index contributed by atoms with van der Waals surface area (Å²) in [5.74, 6) is 0.722. The molecule has 1 amide bonds. The normalized spacial score (nSPS) is 23.4. The molecule has 2 aliphatic carbocycles. The SMILES string of the molecule is C=CCN(C(=O)OCc1ccc([N+](=O)[O-])cc1)C1CCN(CC2CCC(C(CC3CC3)C(=O)O)C2)CC1. The molecule has 202 valence electrons. The Morgan fingerprint density at radius 3 is 2.41 bits per heavy atom. The van der Waals surface area contributed by atoms with E-state index in [-0.39, 0.29) is 24.3 Å². The molecule has 1 aromatic carbocycles. The Labute approximate surface area is 218 Å².